The second-order valence-corrected chi connectivity index (χ2v) is 5.14. The Morgan fingerprint density at radius 3 is 2.94 bits per heavy atom. The maximum Gasteiger partial charge on any atom is 0.0668 e. The summed E-state index contributed by atoms with van der Waals surface area (Å²) in [5, 5.41) is 0. The van der Waals surface area contributed by atoms with Crippen molar-refractivity contribution in [3.8, 4) is 0 Å². The minimum absolute atomic E-state index is 0.471. The van der Waals surface area contributed by atoms with Crippen LogP contribution in [0.5, 0.6) is 0 Å². The van der Waals surface area contributed by atoms with E-state index < -0.39 is 0 Å². The Hall–Kier alpha value is -1.41. The van der Waals surface area contributed by atoms with E-state index in [9.17, 15) is 0 Å². The summed E-state index contributed by atoms with van der Waals surface area (Å²) in [5.74, 6) is 0.471. The molecule has 1 heterocycles. The molecule has 1 aromatic rings. The highest BCUT2D eigenvalue weighted by molar-refractivity contribution is 9.10. The molecule has 1 nitrogen and oxygen atoms in total. The maximum atomic E-state index is 4.49. The molecule has 0 fully saturated rings. The first-order valence-corrected chi connectivity index (χ1v) is 6.51. The predicted molar refractivity (Wildman–Crippen MR) is 74.4 cm³/mol. The summed E-state index contributed by atoms with van der Waals surface area (Å²) >= 11 is 3.42. The summed E-state index contributed by atoms with van der Waals surface area (Å²) in [5.41, 5.74) is 3.77. The summed E-state index contributed by atoms with van der Waals surface area (Å²) < 4.78 is 1.02. The van der Waals surface area contributed by atoms with Gasteiger partial charge < -0.3 is 0 Å². The summed E-state index contributed by atoms with van der Waals surface area (Å²) in [6.07, 6.45) is 16.0. The Labute approximate surface area is 109 Å². The second kappa shape index (κ2) is 4.46. The quantitative estimate of drug-likeness (QED) is 0.750. The zero-order chi connectivity index (χ0) is 11.7. The van der Waals surface area contributed by atoms with Gasteiger partial charge in [-0.2, -0.15) is 0 Å². The molecule has 1 atom stereocenters. The van der Waals surface area contributed by atoms with Crippen molar-refractivity contribution in [1.29, 1.82) is 0 Å². The topological polar surface area (TPSA) is 12.9 Å². The van der Waals surface area contributed by atoms with Crippen LogP contribution in [0.3, 0.4) is 0 Å². The van der Waals surface area contributed by atoms with Crippen molar-refractivity contribution in [2.45, 2.75) is 6.42 Å². The van der Waals surface area contributed by atoms with Gasteiger partial charge in [-0.05, 0) is 45.6 Å². The molecular weight excluding hydrogens is 274 g/mol. The van der Waals surface area contributed by atoms with Crippen LogP contribution < -0.4 is 0 Å². The fraction of sp³-hybridized carbons (Fsp3) is 0.133. The molecule has 0 saturated heterocycles. The lowest BCUT2D eigenvalue weighted by Crippen LogP contribution is -2.10. The molecule has 0 N–H and O–H groups in total. The summed E-state index contributed by atoms with van der Waals surface area (Å²) in [6.45, 7) is 0. The summed E-state index contributed by atoms with van der Waals surface area (Å²) in [7, 11) is 0. The standard InChI is InChI=1S/C15H12BrN/c16-12-8-9-15(17-10-12)14-7-3-5-11-4-1-2-6-13(11)14/h1-5,7-10,13H,6H2. The highest BCUT2D eigenvalue weighted by Gasteiger charge is 2.21. The number of hydrogen-bond donors (Lipinski definition) is 0. The SMILES string of the molecule is Brc1ccc(C2=CC=CC3=CC=CCC32)nc1. The van der Waals surface area contributed by atoms with Crippen molar-refractivity contribution in [3.63, 3.8) is 0 Å². The molecule has 84 valence electrons. The maximum absolute atomic E-state index is 4.49. The number of pyridine rings is 1. The number of halogens is 1. The largest absolute Gasteiger partial charge is 0.255 e. The molecule has 2 aliphatic carbocycles. The second-order valence-electron chi connectivity index (χ2n) is 4.23. The molecule has 0 radical (unpaired) electrons. The van der Waals surface area contributed by atoms with E-state index in [2.05, 4.69) is 63.4 Å². The number of rotatable bonds is 1. The molecule has 0 amide bonds. The highest BCUT2D eigenvalue weighted by Crippen LogP contribution is 2.36. The molecule has 3 rings (SSSR count). The van der Waals surface area contributed by atoms with Gasteiger partial charge in [0.15, 0.2) is 0 Å². The lowest BCUT2D eigenvalue weighted by molar-refractivity contribution is 0.796. The molecule has 1 unspecified atom stereocenters. The number of fused-ring (bicyclic) bond motifs is 1. The van der Waals surface area contributed by atoms with Crippen molar-refractivity contribution in [3.05, 3.63) is 70.5 Å². The van der Waals surface area contributed by atoms with Gasteiger partial charge in [-0.3, -0.25) is 4.98 Å². The van der Waals surface area contributed by atoms with Crippen molar-refractivity contribution in [2.24, 2.45) is 5.92 Å². The molecule has 0 spiro atoms. The monoisotopic (exact) mass is 285 g/mol. The molecular formula is C15H12BrN. The molecule has 0 aliphatic heterocycles. The van der Waals surface area contributed by atoms with Crippen LogP contribution in [-0.2, 0) is 0 Å². The minimum Gasteiger partial charge on any atom is -0.255 e. The zero-order valence-corrected chi connectivity index (χ0v) is 10.9. The molecule has 0 bridgehead atoms. The van der Waals surface area contributed by atoms with E-state index in [4.69, 9.17) is 0 Å². The van der Waals surface area contributed by atoms with E-state index in [-0.39, 0.29) is 0 Å². The van der Waals surface area contributed by atoms with Gasteiger partial charge in [0.1, 0.15) is 0 Å². The average molecular weight is 286 g/mol. The van der Waals surface area contributed by atoms with Crippen molar-refractivity contribution in [2.75, 3.05) is 0 Å². The third-order valence-corrected chi connectivity index (χ3v) is 3.63. The average Bonchev–Trinajstić information content (AvgIpc) is 2.39. The van der Waals surface area contributed by atoms with Crippen LogP contribution in [0, 0.1) is 5.92 Å². The van der Waals surface area contributed by atoms with Crippen LogP contribution in [0.1, 0.15) is 12.1 Å². The van der Waals surface area contributed by atoms with Gasteiger partial charge in [0.05, 0.1) is 5.69 Å². The minimum atomic E-state index is 0.471. The predicted octanol–water partition coefficient (Wildman–Crippen LogP) is 4.30. The van der Waals surface area contributed by atoms with E-state index in [0.29, 0.717) is 5.92 Å². The van der Waals surface area contributed by atoms with E-state index in [0.717, 1.165) is 16.6 Å². The number of hydrogen-bond acceptors (Lipinski definition) is 1. The lowest BCUT2D eigenvalue weighted by Gasteiger charge is -2.24. The van der Waals surface area contributed by atoms with Crippen molar-refractivity contribution < 1.29 is 0 Å². The van der Waals surface area contributed by atoms with Crippen LogP contribution in [0.15, 0.2) is 64.8 Å². The Kier molecular flexibility index (Phi) is 2.81. The Bertz CT molecular complexity index is 547. The molecule has 0 saturated carbocycles. The Morgan fingerprint density at radius 1 is 1.18 bits per heavy atom. The molecule has 0 aromatic carbocycles. The number of allylic oxidation sites excluding steroid dienone is 8. The summed E-state index contributed by atoms with van der Waals surface area (Å²) in [4.78, 5) is 4.49. The van der Waals surface area contributed by atoms with Gasteiger partial charge in [0.25, 0.3) is 0 Å². The first kappa shape index (κ1) is 10.7. The Morgan fingerprint density at radius 2 is 2.12 bits per heavy atom. The van der Waals surface area contributed by atoms with Gasteiger partial charge in [0, 0.05) is 16.6 Å². The van der Waals surface area contributed by atoms with Gasteiger partial charge >= 0.3 is 0 Å². The lowest BCUT2D eigenvalue weighted by atomic mass is 9.80. The first-order chi connectivity index (χ1) is 8.34. The number of nitrogens with zero attached hydrogens (tertiary/aromatic N) is 1. The number of aromatic nitrogens is 1. The first-order valence-electron chi connectivity index (χ1n) is 5.71. The molecule has 2 heteroatoms. The molecule has 2 aliphatic rings. The van der Waals surface area contributed by atoms with Crippen LogP contribution in [0.2, 0.25) is 0 Å². The van der Waals surface area contributed by atoms with Crippen LogP contribution in [-0.4, -0.2) is 4.98 Å². The normalized spacial score (nSPS) is 21.8. The van der Waals surface area contributed by atoms with Gasteiger partial charge in [-0.25, -0.2) is 0 Å². The van der Waals surface area contributed by atoms with Gasteiger partial charge in [-0.15, -0.1) is 0 Å². The third-order valence-electron chi connectivity index (χ3n) is 3.16. The smallest absolute Gasteiger partial charge is 0.0668 e. The van der Waals surface area contributed by atoms with E-state index in [1.54, 1.807) is 0 Å². The molecule has 1 aromatic heterocycles. The van der Waals surface area contributed by atoms with Gasteiger partial charge in [-0.1, -0.05) is 36.5 Å². The van der Waals surface area contributed by atoms with Gasteiger partial charge in [0.2, 0.25) is 0 Å². The zero-order valence-electron chi connectivity index (χ0n) is 9.31. The van der Waals surface area contributed by atoms with E-state index >= 15 is 0 Å². The van der Waals surface area contributed by atoms with Crippen LogP contribution >= 0.6 is 15.9 Å². The third kappa shape index (κ3) is 2.05. The van der Waals surface area contributed by atoms with Crippen LogP contribution in [0.25, 0.3) is 5.57 Å². The fourth-order valence-corrected chi connectivity index (χ4v) is 2.55. The molecule has 17 heavy (non-hydrogen) atoms. The van der Waals surface area contributed by atoms with Crippen LogP contribution in [0.4, 0.5) is 0 Å². The Balaban J connectivity index is 2.01. The van der Waals surface area contributed by atoms with Crippen molar-refractivity contribution >= 4 is 21.5 Å². The van der Waals surface area contributed by atoms with E-state index in [1.807, 2.05) is 12.3 Å². The van der Waals surface area contributed by atoms with Crippen molar-refractivity contribution in [1.82, 2.24) is 4.98 Å². The summed E-state index contributed by atoms with van der Waals surface area (Å²) in [6, 6.07) is 4.12. The fourth-order valence-electron chi connectivity index (χ4n) is 2.31. The van der Waals surface area contributed by atoms with E-state index in [1.165, 1.54) is 11.1 Å². The highest BCUT2D eigenvalue weighted by atomic mass is 79.9.